The fourth-order valence-electron chi connectivity index (χ4n) is 1.65. The molecular formula is C15H26N2. The topological polar surface area (TPSA) is 24.1 Å². The van der Waals surface area contributed by atoms with E-state index in [4.69, 9.17) is 0 Å². The lowest BCUT2D eigenvalue weighted by molar-refractivity contribution is 0.387. The van der Waals surface area contributed by atoms with Crippen LogP contribution in [0.3, 0.4) is 0 Å². The van der Waals surface area contributed by atoms with Crippen LogP contribution in [0.15, 0.2) is 24.3 Å². The Morgan fingerprint density at radius 1 is 1.24 bits per heavy atom. The van der Waals surface area contributed by atoms with Gasteiger partial charge in [-0.2, -0.15) is 0 Å². The molecule has 0 saturated carbocycles. The highest BCUT2D eigenvalue weighted by atomic mass is 15.0. The van der Waals surface area contributed by atoms with Crippen molar-refractivity contribution in [2.75, 3.05) is 6.54 Å². The van der Waals surface area contributed by atoms with Crippen molar-refractivity contribution in [2.24, 2.45) is 0 Å². The first-order valence-corrected chi connectivity index (χ1v) is 6.41. The second-order valence-corrected chi connectivity index (χ2v) is 5.90. The van der Waals surface area contributed by atoms with E-state index < -0.39 is 0 Å². The SMILES string of the molecule is Cc1cccc(CNC(C)CNC(C)(C)C)c1. The molecule has 1 atom stereocenters. The van der Waals surface area contributed by atoms with Crippen LogP contribution in [0, 0.1) is 6.92 Å². The van der Waals surface area contributed by atoms with E-state index in [1.807, 2.05) is 0 Å². The number of hydrogen-bond acceptors (Lipinski definition) is 2. The van der Waals surface area contributed by atoms with Crippen LogP contribution in [0.1, 0.15) is 38.8 Å². The number of nitrogens with one attached hydrogen (secondary N) is 2. The van der Waals surface area contributed by atoms with Gasteiger partial charge in [-0.05, 0) is 40.2 Å². The van der Waals surface area contributed by atoms with Gasteiger partial charge in [-0.3, -0.25) is 0 Å². The van der Waals surface area contributed by atoms with Gasteiger partial charge in [0.15, 0.2) is 0 Å². The molecule has 0 aliphatic rings. The molecule has 0 amide bonds. The first kappa shape index (κ1) is 14.2. The minimum absolute atomic E-state index is 0.194. The fourth-order valence-corrected chi connectivity index (χ4v) is 1.65. The smallest absolute Gasteiger partial charge is 0.0208 e. The van der Waals surface area contributed by atoms with Gasteiger partial charge in [0, 0.05) is 24.7 Å². The summed E-state index contributed by atoms with van der Waals surface area (Å²) in [7, 11) is 0. The predicted molar refractivity (Wildman–Crippen MR) is 75.2 cm³/mol. The highest BCUT2D eigenvalue weighted by Gasteiger charge is 2.10. The molecule has 1 aromatic carbocycles. The Morgan fingerprint density at radius 3 is 2.53 bits per heavy atom. The van der Waals surface area contributed by atoms with Crippen molar-refractivity contribution in [3.63, 3.8) is 0 Å². The van der Waals surface area contributed by atoms with Crippen LogP contribution in [0.4, 0.5) is 0 Å². The van der Waals surface area contributed by atoms with Gasteiger partial charge in [-0.25, -0.2) is 0 Å². The third kappa shape index (κ3) is 6.44. The van der Waals surface area contributed by atoms with Gasteiger partial charge < -0.3 is 10.6 Å². The van der Waals surface area contributed by atoms with Crippen molar-refractivity contribution >= 4 is 0 Å². The van der Waals surface area contributed by atoms with Crippen molar-refractivity contribution in [1.82, 2.24) is 10.6 Å². The summed E-state index contributed by atoms with van der Waals surface area (Å²) in [6.45, 7) is 12.9. The summed E-state index contributed by atoms with van der Waals surface area (Å²) in [6, 6.07) is 9.13. The maximum atomic E-state index is 3.54. The maximum absolute atomic E-state index is 3.54. The average Bonchev–Trinajstić information content (AvgIpc) is 2.23. The van der Waals surface area contributed by atoms with E-state index in [0.717, 1.165) is 13.1 Å². The highest BCUT2D eigenvalue weighted by Crippen LogP contribution is 2.04. The molecule has 1 unspecified atom stereocenters. The van der Waals surface area contributed by atoms with Gasteiger partial charge in [-0.15, -0.1) is 0 Å². The van der Waals surface area contributed by atoms with Crippen molar-refractivity contribution < 1.29 is 0 Å². The first-order valence-electron chi connectivity index (χ1n) is 6.41. The van der Waals surface area contributed by atoms with Crippen molar-refractivity contribution in [1.29, 1.82) is 0 Å². The zero-order valence-corrected chi connectivity index (χ0v) is 11.8. The lowest BCUT2D eigenvalue weighted by Crippen LogP contribution is -2.44. The summed E-state index contributed by atoms with van der Waals surface area (Å²) in [5.74, 6) is 0. The second-order valence-electron chi connectivity index (χ2n) is 5.90. The van der Waals surface area contributed by atoms with Crippen LogP contribution in [0.5, 0.6) is 0 Å². The van der Waals surface area contributed by atoms with Crippen LogP contribution in [0.25, 0.3) is 0 Å². The van der Waals surface area contributed by atoms with Crippen molar-refractivity contribution in [3.05, 3.63) is 35.4 Å². The minimum atomic E-state index is 0.194. The van der Waals surface area contributed by atoms with Crippen molar-refractivity contribution in [2.45, 2.75) is 52.7 Å². The molecule has 1 aromatic rings. The van der Waals surface area contributed by atoms with E-state index >= 15 is 0 Å². The second kappa shape index (κ2) is 6.18. The molecule has 0 bridgehead atoms. The van der Waals surface area contributed by atoms with Gasteiger partial charge in [0.1, 0.15) is 0 Å². The molecule has 2 N–H and O–H groups in total. The zero-order valence-electron chi connectivity index (χ0n) is 11.8. The van der Waals surface area contributed by atoms with E-state index in [2.05, 4.69) is 69.5 Å². The standard InChI is InChI=1S/C15H26N2/c1-12-7-6-8-14(9-12)11-16-13(2)10-17-15(3,4)5/h6-9,13,16-17H,10-11H2,1-5H3. The molecule has 1 rings (SSSR count). The maximum Gasteiger partial charge on any atom is 0.0208 e. The molecular weight excluding hydrogens is 208 g/mol. The summed E-state index contributed by atoms with van der Waals surface area (Å²) in [4.78, 5) is 0. The molecule has 17 heavy (non-hydrogen) atoms. The molecule has 0 spiro atoms. The largest absolute Gasteiger partial charge is 0.311 e. The lowest BCUT2D eigenvalue weighted by atomic mass is 10.1. The summed E-state index contributed by atoms with van der Waals surface area (Å²) in [5, 5.41) is 7.04. The third-order valence-electron chi connectivity index (χ3n) is 2.68. The molecule has 0 radical (unpaired) electrons. The molecule has 0 aromatic heterocycles. The first-order chi connectivity index (χ1) is 7.87. The molecule has 0 aliphatic carbocycles. The van der Waals surface area contributed by atoms with Gasteiger partial charge in [0.2, 0.25) is 0 Å². The van der Waals surface area contributed by atoms with Crippen molar-refractivity contribution in [3.8, 4) is 0 Å². The quantitative estimate of drug-likeness (QED) is 0.818. The summed E-state index contributed by atoms with van der Waals surface area (Å²) in [5.41, 5.74) is 2.87. The molecule has 0 fully saturated rings. The Hall–Kier alpha value is -0.860. The monoisotopic (exact) mass is 234 g/mol. The fraction of sp³-hybridized carbons (Fsp3) is 0.600. The summed E-state index contributed by atoms with van der Waals surface area (Å²) in [6.07, 6.45) is 0. The lowest BCUT2D eigenvalue weighted by Gasteiger charge is -2.24. The summed E-state index contributed by atoms with van der Waals surface area (Å²) >= 11 is 0. The molecule has 96 valence electrons. The predicted octanol–water partition coefficient (Wildman–Crippen LogP) is 2.86. The number of hydrogen-bond donors (Lipinski definition) is 2. The zero-order chi connectivity index (χ0) is 12.9. The van der Waals surface area contributed by atoms with E-state index in [9.17, 15) is 0 Å². The van der Waals surface area contributed by atoms with Crippen LogP contribution in [0.2, 0.25) is 0 Å². The van der Waals surface area contributed by atoms with Gasteiger partial charge in [0.25, 0.3) is 0 Å². The molecule has 2 nitrogen and oxygen atoms in total. The Balaban J connectivity index is 2.31. The number of aryl methyl sites for hydroxylation is 1. The van der Waals surface area contributed by atoms with E-state index in [1.165, 1.54) is 11.1 Å². The van der Waals surface area contributed by atoms with Crippen LogP contribution in [-0.4, -0.2) is 18.1 Å². The highest BCUT2D eigenvalue weighted by molar-refractivity contribution is 5.21. The Morgan fingerprint density at radius 2 is 1.94 bits per heavy atom. The average molecular weight is 234 g/mol. The van der Waals surface area contributed by atoms with E-state index in [-0.39, 0.29) is 5.54 Å². The van der Waals surface area contributed by atoms with Crippen LogP contribution >= 0.6 is 0 Å². The molecule has 0 aliphatic heterocycles. The number of rotatable bonds is 5. The Labute approximate surface area is 106 Å². The summed E-state index contributed by atoms with van der Waals surface area (Å²) < 4.78 is 0. The molecule has 2 heteroatoms. The Kier molecular flexibility index (Phi) is 5.16. The number of benzene rings is 1. The van der Waals surface area contributed by atoms with Gasteiger partial charge in [-0.1, -0.05) is 29.8 Å². The van der Waals surface area contributed by atoms with Gasteiger partial charge in [0.05, 0.1) is 0 Å². The molecule has 0 saturated heterocycles. The third-order valence-corrected chi connectivity index (χ3v) is 2.68. The van der Waals surface area contributed by atoms with Gasteiger partial charge >= 0.3 is 0 Å². The molecule has 0 heterocycles. The van der Waals surface area contributed by atoms with Crippen LogP contribution in [-0.2, 0) is 6.54 Å². The van der Waals surface area contributed by atoms with E-state index in [0.29, 0.717) is 6.04 Å². The van der Waals surface area contributed by atoms with E-state index in [1.54, 1.807) is 0 Å². The minimum Gasteiger partial charge on any atom is -0.311 e. The normalized spacial score (nSPS) is 13.7. The Bertz CT molecular complexity index is 339. The van der Waals surface area contributed by atoms with Crippen LogP contribution < -0.4 is 10.6 Å².